The van der Waals surface area contributed by atoms with Gasteiger partial charge in [0.2, 0.25) is 21.8 Å². The second-order valence-corrected chi connectivity index (χ2v) is 8.61. The highest BCUT2D eigenvalue weighted by Crippen LogP contribution is 2.15. The van der Waals surface area contributed by atoms with Gasteiger partial charge in [0, 0.05) is 19.8 Å². The van der Waals surface area contributed by atoms with Crippen molar-refractivity contribution >= 4 is 27.5 Å². The van der Waals surface area contributed by atoms with E-state index < -0.39 is 22.5 Å². The largest absolute Gasteiger partial charge is 0.335 e. The van der Waals surface area contributed by atoms with Crippen LogP contribution in [0.4, 0.5) is 5.69 Å². The van der Waals surface area contributed by atoms with Gasteiger partial charge in [-0.2, -0.15) is 9.57 Å². The van der Waals surface area contributed by atoms with E-state index >= 15 is 0 Å². The molecule has 9 heteroatoms. The topological polar surface area (TPSA) is 111 Å². The number of nitriles is 1. The fourth-order valence-electron chi connectivity index (χ4n) is 2.42. The molecule has 0 atom stereocenters. The Bertz CT molecular complexity index is 1030. The van der Waals surface area contributed by atoms with E-state index in [0.717, 1.165) is 14.8 Å². The molecule has 2 aromatic carbocycles. The first-order valence-corrected chi connectivity index (χ1v) is 10.1. The number of anilines is 1. The first-order chi connectivity index (χ1) is 13.6. The van der Waals surface area contributed by atoms with Crippen LogP contribution in [0, 0.1) is 18.3 Å². The quantitative estimate of drug-likeness (QED) is 0.740. The van der Waals surface area contributed by atoms with E-state index in [9.17, 15) is 18.0 Å². The average molecular weight is 414 g/mol. The fraction of sp³-hybridized carbons (Fsp3) is 0.250. The maximum absolute atomic E-state index is 12.6. The summed E-state index contributed by atoms with van der Waals surface area (Å²) in [4.78, 5) is 25.6. The molecule has 1 N–H and O–H groups in total. The molecule has 8 nitrogen and oxygen atoms in total. The van der Waals surface area contributed by atoms with Gasteiger partial charge in [0.25, 0.3) is 0 Å². The van der Waals surface area contributed by atoms with Gasteiger partial charge in [0.15, 0.2) is 0 Å². The van der Waals surface area contributed by atoms with Crippen molar-refractivity contribution in [1.29, 1.82) is 5.26 Å². The molecule has 0 radical (unpaired) electrons. The van der Waals surface area contributed by atoms with Gasteiger partial charge in [-0.15, -0.1) is 0 Å². The van der Waals surface area contributed by atoms with Gasteiger partial charge in [-0.3, -0.25) is 9.59 Å². The molecule has 2 amide bonds. The highest BCUT2D eigenvalue weighted by Gasteiger charge is 2.25. The van der Waals surface area contributed by atoms with Crippen LogP contribution in [-0.2, 0) is 19.6 Å². The summed E-state index contributed by atoms with van der Waals surface area (Å²) in [5, 5.41) is 11.5. The maximum Gasteiger partial charge on any atom is 0.243 e. The number of hydrogen-bond acceptors (Lipinski definition) is 5. The number of benzene rings is 2. The molecule has 0 heterocycles. The van der Waals surface area contributed by atoms with E-state index in [4.69, 9.17) is 5.26 Å². The third-order valence-corrected chi connectivity index (χ3v) is 6.01. The lowest BCUT2D eigenvalue weighted by Crippen LogP contribution is -2.42. The number of rotatable bonds is 7. The third-order valence-electron chi connectivity index (χ3n) is 4.19. The van der Waals surface area contributed by atoms with Crippen molar-refractivity contribution in [2.75, 3.05) is 32.5 Å². The fourth-order valence-corrected chi connectivity index (χ4v) is 3.54. The van der Waals surface area contributed by atoms with E-state index in [1.165, 1.54) is 38.4 Å². The molecular weight excluding hydrogens is 392 g/mol. The van der Waals surface area contributed by atoms with E-state index in [0.29, 0.717) is 11.3 Å². The lowest BCUT2D eigenvalue weighted by Gasteiger charge is -2.21. The molecule has 152 valence electrons. The van der Waals surface area contributed by atoms with Crippen molar-refractivity contribution in [1.82, 2.24) is 9.21 Å². The van der Waals surface area contributed by atoms with Crippen LogP contribution in [0.2, 0.25) is 0 Å². The highest BCUT2D eigenvalue weighted by atomic mass is 32.2. The molecule has 0 saturated heterocycles. The minimum Gasteiger partial charge on any atom is -0.335 e. The summed E-state index contributed by atoms with van der Waals surface area (Å²) in [7, 11) is -1.18. The van der Waals surface area contributed by atoms with Crippen molar-refractivity contribution in [3.63, 3.8) is 0 Å². The zero-order valence-electron chi connectivity index (χ0n) is 16.4. The smallest absolute Gasteiger partial charge is 0.243 e. The lowest BCUT2D eigenvalue weighted by molar-refractivity contribution is -0.133. The molecule has 0 saturated carbocycles. The minimum atomic E-state index is -3.90. The van der Waals surface area contributed by atoms with Crippen LogP contribution >= 0.6 is 0 Å². The van der Waals surface area contributed by atoms with Crippen molar-refractivity contribution in [3.05, 3.63) is 59.7 Å². The Morgan fingerprint density at radius 3 is 2.14 bits per heavy atom. The second kappa shape index (κ2) is 9.32. The summed E-state index contributed by atoms with van der Waals surface area (Å²) in [6, 6.07) is 14.5. The normalized spacial score (nSPS) is 11.0. The van der Waals surface area contributed by atoms with E-state index in [1.807, 2.05) is 25.1 Å². The number of sulfonamides is 1. The van der Waals surface area contributed by atoms with Gasteiger partial charge < -0.3 is 10.2 Å². The Kier molecular flexibility index (Phi) is 7.09. The number of aryl methyl sites for hydroxylation is 1. The minimum absolute atomic E-state index is 0.0217. The number of likely N-dealkylation sites (N-methyl/N-ethyl adjacent to an activating group) is 2. The number of carbonyl (C=O) groups excluding carboxylic acids is 2. The number of nitrogens with zero attached hydrogens (tertiary/aromatic N) is 3. The summed E-state index contributed by atoms with van der Waals surface area (Å²) in [5.74, 6) is -0.911. The summed E-state index contributed by atoms with van der Waals surface area (Å²) >= 11 is 0. The summed E-state index contributed by atoms with van der Waals surface area (Å²) in [5.41, 5.74) is 2.01. The SMILES string of the molecule is Cc1ccc(NC(=O)CN(C)C(=O)CN(C)S(=O)(=O)c2ccc(C#N)cc2)cc1. The van der Waals surface area contributed by atoms with Gasteiger partial charge in [-0.25, -0.2) is 8.42 Å². The van der Waals surface area contributed by atoms with Gasteiger partial charge in [0.1, 0.15) is 0 Å². The van der Waals surface area contributed by atoms with E-state index in [2.05, 4.69) is 5.32 Å². The predicted molar refractivity (Wildman–Crippen MR) is 108 cm³/mol. The first kappa shape index (κ1) is 22.1. The highest BCUT2D eigenvalue weighted by molar-refractivity contribution is 7.89. The van der Waals surface area contributed by atoms with Crippen molar-refractivity contribution in [2.45, 2.75) is 11.8 Å². The molecule has 0 aromatic heterocycles. The van der Waals surface area contributed by atoms with Gasteiger partial charge in [-0.05, 0) is 43.3 Å². The zero-order valence-corrected chi connectivity index (χ0v) is 17.2. The molecule has 29 heavy (non-hydrogen) atoms. The lowest BCUT2D eigenvalue weighted by atomic mass is 10.2. The molecule has 0 aliphatic carbocycles. The van der Waals surface area contributed by atoms with Crippen LogP contribution in [0.5, 0.6) is 0 Å². The van der Waals surface area contributed by atoms with Crippen LogP contribution in [0.25, 0.3) is 0 Å². The molecular formula is C20H22N4O4S. The summed E-state index contributed by atoms with van der Waals surface area (Å²) in [6.45, 7) is 1.30. The molecule has 2 aromatic rings. The van der Waals surface area contributed by atoms with Crippen LogP contribution in [-0.4, -0.2) is 56.6 Å². The van der Waals surface area contributed by atoms with Crippen LogP contribution in [0.1, 0.15) is 11.1 Å². The van der Waals surface area contributed by atoms with Crippen LogP contribution < -0.4 is 5.32 Å². The van der Waals surface area contributed by atoms with Crippen LogP contribution in [0.15, 0.2) is 53.4 Å². The standard InChI is InChI=1S/C20H22N4O4S/c1-15-4-8-17(9-5-15)22-19(25)13-23(2)20(26)14-24(3)29(27,28)18-10-6-16(12-21)7-11-18/h4-11H,13-14H2,1-3H3,(H,22,25). The first-order valence-electron chi connectivity index (χ1n) is 8.70. The Labute approximate surface area is 170 Å². The zero-order chi connectivity index (χ0) is 21.6. The Hall–Kier alpha value is -3.22. The second-order valence-electron chi connectivity index (χ2n) is 6.56. The summed E-state index contributed by atoms with van der Waals surface area (Å²) in [6.07, 6.45) is 0. The predicted octanol–water partition coefficient (Wildman–Crippen LogP) is 1.58. The number of nitrogens with one attached hydrogen (secondary N) is 1. The molecule has 0 bridgehead atoms. The molecule has 0 fully saturated rings. The number of hydrogen-bond donors (Lipinski definition) is 1. The van der Waals surface area contributed by atoms with Gasteiger partial charge in [-0.1, -0.05) is 17.7 Å². The molecule has 0 aliphatic rings. The molecule has 0 spiro atoms. The third kappa shape index (κ3) is 5.88. The van der Waals surface area contributed by atoms with E-state index in [-0.39, 0.29) is 17.3 Å². The van der Waals surface area contributed by atoms with Crippen molar-refractivity contribution in [3.8, 4) is 6.07 Å². The Balaban J connectivity index is 1.95. The Morgan fingerprint density at radius 2 is 1.59 bits per heavy atom. The van der Waals surface area contributed by atoms with Crippen LogP contribution in [0.3, 0.4) is 0 Å². The number of amides is 2. The van der Waals surface area contributed by atoms with Crippen molar-refractivity contribution in [2.24, 2.45) is 0 Å². The molecule has 0 unspecified atom stereocenters. The monoisotopic (exact) mass is 414 g/mol. The maximum atomic E-state index is 12.6. The summed E-state index contributed by atoms with van der Waals surface area (Å²) < 4.78 is 26.1. The van der Waals surface area contributed by atoms with Gasteiger partial charge in [0.05, 0.1) is 29.6 Å². The molecule has 2 rings (SSSR count). The van der Waals surface area contributed by atoms with Crippen molar-refractivity contribution < 1.29 is 18.0 Å². The number of carbonyl (C=O) groups is 2. The van der Waals surface area contributed by atoms with E-state index in [1.54, 1.807) is 12.1 Å². The van der Waals surface area contributed by atoms with Gasteiger partial charge >= 0.3 is 0 Å². The Morgan fingerprint density at radius 1 is 1.00 bits per heavy atom. The molecule has 0 aliphatic heterocycles. The average Bonchev–Trinajstić information content (AvgIpc) is 2.69.